The van der Waals surface area contributed by atoms with Gasteiger partial charge >= 0.3 is 5.91 Å². The zero-order chi connectivity index (χ0) is 21.2. The zero-order valence-electron chi connectivity index (χ0n) is 17.1. The molecule has 5 nitrogen and oxygen atoms in total. The largest absolute Gasteiger partial charge is 0.451 e. The molecule has 0 spiro atoms. The molecule has 0 aliphatic carbocycles. The van der Waals surface area contributed by atoms with Crippen LogP contribution in [0.25, 0.3) is 21.9 Å². The number of hydrogen-bond donors (Lipinski definition) is 1. The van der Waals surface area contributed by atoms with Crippen LogP contribution < -0.4 is 5.43 Å². The van der Waals surface area contributed by atoms with Crippen molar-refractivity contribution in [3.8, 4) is 0 Å². The fourth-order valence-corrected chi connectivity index (χ4v) is 3.83. The van der Waals surface area contributed by atoms with Crippen LogP contribution in [-0.4, -0.2) is 16.7 Å². The maximum Gasteiger partial charge on any atom is 0.307 e. The Hall–Kier alpha value is -4.12. The van der Waals surface area contributed by atoms with Crippen LogP contribution in [-0.2, 0) is 6.54 Å². The topological polar surface area (TPSA) is 59.5 Å². The second kappa shape index (κ2) is 7.95. The van der Waals surface area contributed by atoms with Gasteiger partial charge in [-0.15, -0.1) is 0 Å². The molecule has 1 amide bonds. The van der Waals surface area contributed by atoms with E-state index >= 15 is 0 Å². The fraction of sp³-hybridized carbons (Fsp3) is 0.0769. The Balaban J connectivity index is 1.38. The summed E-state index contributed by atoms with van der Waals surface area (Å²) < 4.78 is 7.79. The smallest absolute Gasteiger partial charge is 0.307 e. The average Bonchev–Trinajstić information content (AvgIpc) is 3.36. The number of hydrogen-bond acceptors (Lipinski definition) is 3. The molecular formula is C26H21N3O2. The molecule has 2 aromatic heterocycles. The van der Waals surface area contributed by atoms with E-state index in [0.29, 0.717) is 5.58 Å². The van der Waals surface area contributed by atoms with Crippen molar-refractivity contribution in [2.75, 3.05) is 0 Å². The molecule has 0 radical (unpaired) electrons. The van der Waals surface area contributed by atoms with Crippen molar-refractivity contribution in [2.24, 2.45) is 5.10 Å². The summed E-state index contributed by atoms with van der Waals surface area (Å²) in [6.45, 7) is 2.86. The van der Waals surface area contributed by atoms with E-state index in [4.69, 9.17) is 4.42 Å². The monoisotopic (exact) mass is 407 g/mol. The summed E-state index contributed by atoms with van der Waals surface area (Å²) >= 11 is 0. The van der Waals surface area contributed by atoms with Gasteiger partial charge in [0, 0.05) is 34.6 Å². The minimum atomic E-state index is -0.379. The molecule has 2 heterocycles. The Morgan fingerprint density at radius 3 is 2.74 bits per heavy atom. The molecule has 0 bridgehead atoms. The zero-order valence-corrected chi connectivity index (χ0v) is 17.1. The number of hydrazone groups is 1. The molecule has 0 aliphatic heterocycles. The summed E-state index contributed by atoms with van der Waals surface area (Å²) in [4.78, 5) is 12.4. The fourth-order valence-electron chi connectivity index (χ4n) is 3.83. The van der Waals surface area contributed by atoms with Crippen LogP contribution in [0.5, 0.6) is 0 Å². The maximum absolute atomic E-state index is 12.4. The predicted octanol–water partition coefficient (Wildman–Crippen LogP) is 5.51. The number of para-hydroxylation sites is 2. The molecule has 0 aliphatic rings. The van der Waals surface area contributed by atoms with Crippen LogP contribution in [0.4, 0.5) is 0 Å². The number of carbonyl (C=O) groups is 1. The molecule has 5 rings (SSSR count). The molecule has 3 aromatic carbocycles. The lowest BCUT2D eigenvalue weighted by Gasteiger charge is -2.06. The van der Waals surface area contributed by atoms with E-state index in [1.807, 2.05) is 36.4 Å². The van der Waals surface area contributed by atoms with Crippen LogP contribution in [0.3, 0.4) is 0 Å². The molecule has 1 N–H and O–H groups in total. The highest BCUT2D eigenvalue weighted by molar-refractivity contribution is 6.01. The highest BCUT2D eigenvalue weighted by atomic mass is 16.3. The molecule has 5 heteroatoms. The predicted molar refractivity (Wildman–Crippen MR) is 123 cm³/mol. The van der Waals surface area contributed by atoms with Gasteiger partial charge < -0.3 is 8.98 Å². The van der Waals surface area contributed by atoms with Crippen molar-refractivity contribution >= 4 is 34.0 Å². The normalized spacial score (nSPS) is 11.5. The highest BCUT2D eigenvalue weighted by Crippen LogP contribution is 2.22. The van der Waals surface area contributed by atoms with Gasteiger partial charge in [-0.3, -0.25) is 4.79 Å². The highest BCUT2D eigenvalue weighted by Gasteiger charge is 2.11. The number of aryl methyl sites for hydroxylation is 1. The van der Waals surface area contributed by atoms with Crippen molar-refractivity contribution in [3.05, 3.63) is 108 Å². The summed E-state index contributed by atoms with van der Waals surface area (Å²) in [5.74, 6) is -0.142. The van der Waals surface area contributed by atoms with Crippen molar-refractivity contribution in [1.82, 2.24) is 9.99 Å². The average molecular weight is 407 g/mol. The molecule has 0 saturated carbocycles. The van der Waals surface area contributed by atoms with Gasteiger partial charge in [0.15, 0.2) is 5.76 Å². The number of fused-ring (bicyclic) bond motifs is 2. The number of rotatable bonds is 5. The number of nitrogens with zero attached hydrogens (tertiary/aromatic N) is 2. The lowest BCUT2D eigenvalue weighted by molar-refractivity contribution is 0.0929. The number of nitrogens with one attached hydrogen (secondary N) is 1. The van der Waals surface area contributed by atoms with E-state index in [2.05, 4.69) is 64.6 Å². The molecule has 0 saturated heterocycles. The summed E-state index contributed by atoms with van der Waals surface area (Å²) in [6.07, 6.45) is 3.74. The Morgan fingerprint density at radius 1 is 1.03 bits per heavy atom. The van der Waals surface area contributed by atoms with Crippen molar-refractivity contribution < 1.29 is 9.21 Å². The first-order chi connectivity index (χ1) is 15.2. The van der Waals surface area contributed by atoms with Gasteiger partial charge in [-0.1, -0.05) is 66.2 Å². The summed E-state index contributed by atoms with van der Waals surface area (Å²) in [5, 5.41) is 6.14. The molecule has 152 valence electrons. The molecule has 31 heavy (non-hydrogen) atoms. The lowest BCUT2D eigenvalue weighted by atomic mass is 10.1. The van der Waals surface area contributed by atoms with Crippen LogP contribution in [0, 0.1) is 6.92 Å². The quantitative estimate of drug-likeness (QED) is 0.309. The Morgan fingerprint density at radius 2 is 1.87 bits per heavy atom. The first-order valence-electron chi connectivity index (χ1n) is 10.1. The van der Waals surface area contributed by atoms with Crippen LogP contribution >= 0.6 is 0 Å². The van der Waals surface area contributed by atoms with E-state index in [9.17, 15) is 4.79 Å². The summed E-state index contributed by atoms with van der Waals surface area (Å²) in [7, 11) is 0. The second-order valence-electron chi connectivity index (χ2n) is 7.57. The number of amides is 1. The Kier molecular flexibility index (Phi) is 4.84. The van der Waals surface area contributed by atoms with Crippen molar-refractivity contribution in [2.45, 2.75) is 13.5 Å². The van der Waals surface area contributed by atoms with Crippen molar-refractivity contribution in [3.63, 3.8) is 0 Å². The van der Waals surface area contributed by atoms with Gasteiger partial charge in [-0.25, -0.2) is 5.43 Å². The van der Waals surface area contributed by atoms with Gasteiger partial charge in [0.2, 0.25) is 0 Å². The summed E-state index contributed by atoms with van der Waals surface area (Å²) in [5.41, 5.74) is 7.78. The molecule has 0 fully saturated rings. The van der Waals surface area contributed by atoms with E-state index in [0.717, 1.165) is 28.4 Å². The van der Waals surface area contributed by atoms with Gasteiger partial charge in [-0.2, -0.15) is 5.10 Å². The molecule has 0 atom stereocenters. The molecular weight excluding hydrogens is 386 g/mol. The van der Waals surface area contributed by atoms with Crippen LogP contribution in [0.2, 0.25) is 0 Å². The number of carbonyl (C=O) groups excluding carboxylic acids is 1. The van der Waals surface area contributed by atoms with Crippen LogP contribution in [0.15, 0.2) is 94.6 Å². The second-order valence-corrected chi connectivity index (χ2v) is 7.57. The SMILES string of the molecule is Cc1cccc(Cn2cc(/C=N/NC(=O)c3cc4ccccc4o3)c3ccccc32)c1. The Bertz CT molecular complexity index is 1390. The van der Waals surface area contributed by atoms with E-state index in [1.54, 1.807) is 12.3 Å². The van der Waals surface area contributed by atoms with Gasteiger partial charge in [-0.05, 0) is 30.7 Å². The molecule has 5 aromatic rings. The Labute approximate surface area is 179 Å². The lowest BCUT2D eigenvalue weighted by Crippen LogP contribution is -2.16. The third-order valence-electron chi connectivity index (χ3n) is 5.27. The number of benzene rings is 3. The first kappa shape index (κ1) is 18.9. The standard InChI is InChI=1S/C26H21N3O2/c1-18-7-6-8-19(13-18)16-29-17-21(22-10-3-4-11-23(22)29)15-27-28-26(30)25-14-20-9-2-5-12-24(20)31-25/h2-15,17H,16H2,1H3,(H,28,30)/b27-15+. The van der Waals surface area contributed by atoms with Gasteiger partial charge in [0.05, 0.1) is 6.21 Å². The minimum absolute atomic E-state index is 0.236. The van der Waals surface area contributed by atoms with E-state index in [-0.39, 0.29) is 11.7 Å². The van der Waals surface area contributed by atoms with Crippen LogP contribution in [0.1, 0.15) is 27.2 Å². The van der Waals surface area contributed by atoms with E-state index in [1.165, 1.54) is 11.1 Å². The van der Waals surface area contributed by atoms with E-state index < -0.39 is 0 Å². The minimum Gasteiger partial charge on any atom is -0.451 e. The third-order valence-corrected chi connectivity index (χ3v) is 5.27. The number of furan rings is 1. The summed E-state index contributed by atoms with van der Waals surface area (Å²) in [6, 6.07) is 25.9. The maximum atomic E-state index is 12.4. The molecule has 0 unspecified atom stereocenters. The van der Waals surface area contributed by atoms with Gasteiger partial charge in [0.1, 0.15) is 5.58 Å². The number of aromatic nitrogens is 1. The van der Waals surface area contributed by atoms with Crippen molar-refractivity contribution in [1.29, 1.82) is 0 Å². The van der Waals surface area contributed by atoms with Gasteiger partial charge in [0.25, 0.3) is 0 Å². The third kappa shape index (κ3) is 3.85. The first-order valence-corrected chi connectivity index (χ1v) is 10.1.